The van der Waals surface area contributed by atoms with E-state index < -0.39 is 10.8 Å². The molecule has 0 aliphatic carbocycles. The van der Waals surface area contributed by atoms with Crippen molar-refractivity contribution in [3.8, 4) is 34.5 Å². The lowest BCUT2D eigenvalue weighted by Gasteiger charge is -2.39. The number of benzene rings is 6. The second-order valence-corrected chi connectivity index (χ2v) is 27.8. The lowest BCUT2D eigenvalue weighted by atomic mass is 9.65. The van der Waals surface area contributed by atoms with Crippen molar-refractivity contribution in [3.05, 3.63) is 177 Å². The van der Waals surface area contributed by atoms with Gasteiger partial charge in [0.2, 0.25) is 0 Å². The molecule has 6 aliphatic rings. The Morgan fingerprint density at radius 1 is 0.345 bits per heavy atom. The minimum atomic E-state index is -0.488. The van der Waals surface area contributed by atoms with Crippen molar-refractivity contribution < 1.29 is 56.8 Å². The van der Waals surface area contributed by atoms with Crippen molar-refractivity contribution >= 4 is 0 Å². The normalized spacial score (nSPS) is 21.8. The van der Waals surface area contributed by atoms with Crippen molar-refractivity contribution in [2.75, 3.05) is 79.3 Å². The molecule has 12 nitrogen and oxygen atoms in total. The molecule has 6 heterocycles. The summed E-state index contributed by atoms with van der Waals surface area (Å²) in [5.74, 6) is 5.16. The summed E-state index contributed by atoms with van der Waals surface area (Å²) in [6.45, 7) is 31.2. The van der Waals surface area contributed by atoms with E-state index in [2.05, 4.69) is 191 Å². The van der Waals surface area contributed by atoms with Gasteiger partial charge in [-0.1, -0.05) is 149 Å². The van der Waals surface area contributed by atoms with Gasteiger partial charge in [-0.2, -0.15) is 0 Å². The number of hydrogen-bond donors (Lipinski definition) is 0. The number of unbranched alkanes of at least 4 members (excludes halogenated alkanes) is 2. The first-order valence-corrected chi connectivity index (χ1v) is 32.1. The monoisotopic (exact) mass is 1180 g/mol. The molecule has 12 heteroatoms. The Bertz CT molecular complexity index is 3310. The van der Waals surface area contributed by atoms with Gasteiger partial charge in [0.25, 0.3) is 0 Å². The SMILES string of the molecule is CCCCCC(C)(Cc1cc(OCC2CO2)ccc1C(C)(C)c1ccc(OCC2CO2)cc1)c1cc(OCC2CO2)ccc1C(C)(C)c1ccc(OCC2CO2)c(CC(C)(C)c2cc(C(C)(C)c3ccc(OCC4CO4)cc3)ccc2OCC2CO2)c1. The Labute approximate surface area is 516 Å². The molecule has 6 saturated heterocycles. The van der Waals surface area contributed by atoms with Gasteiger partial charge in [0, 0.05) is 21.8 Å². The molecule has 0 N–H and O–H groups in total. The molecular formula is C75H92O12. The maximum atomic E-state index is 6.78. The van der Waals surface area contributed by atoms with Crippen LogP contribution in [-0.4, -0.2) is 116 Å². The largest absolute Gasteiger partial charge is 0.491 e. The van der Waals surface area contributed by atoms with Crippen LogP contribution in [0.4, 0.5) is 0 Å². The van der Waals surface area contributed by atoms with E-state index in [9.17, 15) is 0 Å². The number of hydrogen-bond acceptors (Lipinski definition) is 12. The molecule has 0 spiro atoms. The van der Waals surface area contributed by atoms with Gasteiger partial charge in [-0.25, -0.2) is 0 Å². The minimum absolute atomic E-state index is 0.0942. The molecule has 6 aromatic carbocycles. The van der Waals surface area contributed by atoms with Gasteiger partial charge in [-0.3, -0.25) is 0 Å². The van der Waals surface area contributed by atoms with Crippen molar-refractivity contribution in [1.82, 2.24) is 0 Å². The molecule has 0 radical (unpaired) electrons. The van der Waals surface area contributed by atoms with E-state index in [4.69, 9.17) is 56.8 Å². The van der Waals surface area contributed by atoms with Crippen LogP contribution in [0.2, 0.25) is 0 Å². The molecule has 87 heavy (non-hydrogen) atoms. The lowest BCUT2D eigenvalue weighted by molar-refractivity contribution is 0.255. The molecule has 7 unspecified atom stereocenters. The van der Waals surface area contributed by atoms with Gasteiger partial charge in [0.15, 0.2) is 0 Å². The predicted molar refractivity (Wildman–Crippen MR) is 338 cm³/mol. The average molecular weight is 1190 g/mol. The summed E-state index contributed by atoms with van der Waals surface area (Å²) < 4.78 is 72.3. The van der Waals surface area contributed by atoms with E-state index in [1.165, 1.54) is 44.5 Å². The molecule has 6 aliphatic heterocycles. The first kappa shape index (κ1) is 61.1. The van der Waals surface area contributed by atoms with E-state index in [1.54, 1.807) is 0 Å². The van der Waals surface area contributed by atoms with Crippen molar-refractivity contribution in [3.63, 3.8) is 0 Å². The maximum Gasteiger partial charge on any atom is 0.123 e. The van der Waals surface area contributed by atoms with Crippen LogP contribution in [0.1, 0.15) is 151 Å². The zero-order valence-electron chi connectivity index (χ0n) is 53.1. The fraction of sp³-hybridized carbons (Fsp3) is 0.520. The number of ether oxygens (including phenoxy) is 12. The van der Waals surface area contributed by atoms with Crippen LogP contribution >= 0.6 is 0 Å². The van der Waals surface area contributed by atoms with Gasteiger partial charge in [0.1, 0.15) is 111 Å². The highest BCUT2D eigenvalue weighted by Crippen LogP contribution is 2.48. The van der Waals surface area contributed by atoms with Crippen LogP contribution in [0.25, 0.3) is 0 Å². The first-order valence-electron chi connectivity index (χ1n) is 32.1. The molecule has 0 saturated carbocycles. The third kappa shape index (κ3) is 15.3. The van der Waals surface area contributed by atoms with E-state index in [0.29, 0.717) is 52.7 Å². The molecule has 0 bridgehead atoms. The van der Waals surface area contributed by atoms with Gasteiger partial charge in [0.05, 0.1) is 39.6 Å². The van der Waals surface area contributed by atoms with Crippen LogP contribution in [0.15, 0.2) is 121 Å². The van der Waals surface area contributed by atoms with E-state index in [-0.39, 0.29) is 52.9 Å². The number of epoxide rings is 6. The molecule has 7 atom stereocenters. The fourth-order valence-electron chi connectivity index (χ4n) is 12.5. The highest BCUT2D eigenvalue weighted by atomic mass is 16.6. The Kier molecular flexibility index (Phi) is 17.8. The van der Waals surface area contributed by atoms with E-state index in [0.717, 1.165) is 111 Å². The van der Waals surface area contributed by atoms with Gasteiger partial charge in [-0.05, 0) is 141 Å². The molecule has 464 valence electrons. The van der Waals surface area contributed by atoms with Crippen LogP contribution in [0, 0.1) is 0 Å². The third-order valence-electron chi connectivity index (χ3n) is 19.0. The van der Waals surface area contributed by atoms with Crippen molar-refractivity contribution in [2.24, 2.45) is 0 Å². The first-order chi connectivity index (χ1) is 41.8. The van der Waals surface area contributed by atoms with E-state index in [1.807, 2.05) is 0 Å². The summed E-state index contributed by atoms with van der Waals surface area (Å²) in [4.78, 5) is 0. The summed E-state index contributed by atoms with van der Waals surface area (Å²) in [7, 11) is 0. The van der Waals surface area contributed by atoms with Crippen LogP contribution in [0.5, 0.6) is 34.5 Å². The summed E-state index contributed by atoms with van der Waals surface area (Å²) in [6, 6.07) is 44.5. The standard InChI is InChI=1S/C75H92O12/c1-11-12-13-30-75(10,36-49-32-57(78-39-61-43-82-61)24-26-65(49)73(6,7)52-16-22-56(23-17-52)77-38-60-42-81-60)67-34-58(79-40-62-44-83-62)25-27-66(67)74(8,9)53-18-28-69(86-47-63-45-84-63)50(31-53)35-71(2,3)68-33-54(19-29-70(68)87-48-64-46-85-64)72(4,5)51-14-20-55(21-15-51)76-37-59-41-80-59/h14-29,31-34,59-64H,11-13,30,35-48H2,1-10H3. The zero-order chi connectivity index (χ0) is 60.6. The highest BCUT2D eigenvalue weighted by molar-refractivity contribution is 5.55. The van der Waals surface area contributed by atoms with Gasteiger partial charge < -0.3 is 56.8 Å². The minimum Gasteiger partial charge on any atom is -0.491 e. The molecule has 0 aromatic heterocycles. The molecule has 12 rings (SSSR count). The Hall–Kier alpha value is -6.12. The molecule has 6 fully saturated rings. The second kappa shape index (κ2) is 25.4. The van der Waals surface area contributed by atoms with Crippen LogP contribution < -0.4 is 28.4 Å². The predicted octanol–water partition coefficient (Wildman–Crippen LogP) is 13.9. The molecule has 0 amide bonds. The average Bonchev–Trinajstić information content (AvgIpc) is 2.08. The van der Waals surface area contributed by atoms with E-state index >= 15 is 0 Å². The Morgan fingerprint density at radius 3 is 1.25 bits per heavy atom. The third-order valence-corrected chi connectivity index (χ3v) is 19.0. The second-order valence-electron chi connectivity index (χ2n) is 27.8. The fourth-order valence-corrected chi connectivity index (χ4v) is 12.5. The topological polar surface area (TPSA) is 131 Å². The summed E-state index contributed by atoms with van der Waals surface area (Å²) >= 11 is 0. The van der Waals surface area contributed by atoms with Crippen LogP contribution in [0.3, 0.4) is 0 Å². The van der Waals surface area contributed by atoms with Crippen molar-refractivity contribution in [1.29, 1.82) is 0 Å². The molecular weight excluding hydrogens is 1090 g/mol. The molecule has 6 aromatic rings. The summed E-state index contributed by atoms with van der Waals surface area (Å²) in [5, 5.41) is 0. The summed E-state index contributed by atoms with van der Waals surface area (Å²) in [6.07, 6.45) is 6.57. The smallest absolute Gasteiger partial charge is 0.123 e. The maximum absolute atomic E-state index is 6.78. The quantitative estimate of drug-likeness (QED) is 0.0282. The van der Waals surface area contributed by atoms with Crippen LogP contribution in [-0.2, 0) is 68.3 Å². The highest BCUT2D eigenvalue weighted by Gasteiger charge is 2.40. The summed E-state index contributed by atoms with van der Waals surface area (Å²) in [5.41, 5.74) is 10.2. The number of rotatable bonds is 34. The Morgan fingerprint density at radius 2 is 0.747 bits per heavy atom. The Balaban J connectivity index is 0.912. The van der Waals surface area contributed by atoms with Gasteiger partial charge >= 0.3 is 0 Å². The van der Waals surface area contributed by atoms with Gasteiger partial charge in [-0.15, -0.1) is 0 Å². The zero-order valence-corrected chi connectivity index (χ0v) is 53.1. The van der Waals surface area contributed by atoms with Crippen molar-refractivity contribution in [2.45, 2.75) is 171 Å². The lowest BCUT2D eigenvalue weighted by Crippen LogP contribution is -2.33.